The van der Waals surface area contributed by atoms with Crippen LogP contribution in [0.2, 0.25) is 0 Å². The van der Waals surface area contributed by atoms with Crippen molar-refractivity contribution in [1.82, 2.24) is 0 Å². The second kappa shape index (κ2) is 4.93. The SMILES string of the molecule is CC(C)(C)OC(=O)C(O)C1OCCCC1=O. The van der Waals surface area contributed by atoms with Crippen molar-refractivity contribution in [2.45, 2.75) is 51.4 Å². The van der Waals surface area contributed by atoms with Crippen LogP contribution in [0.1, 0.15) is 33.6 Å². The van der Waals surface area contributed by atoms with Crippen LogP contribution in [-0.4, -0.2) is 41.3 Å². The number of rotatable bonds is 2. The highest BCUT2D eigenvalue weighted by Gasteiger charge is 2.37. The minimum atomic E-state index is -1.52. The van der Waals surface area contributed by atoms with E-state index >= 15 is 0 Å². The molecular weight excluding hydrogens is 212 g/mol. The molecule has 1 aliphatic rings. The molecule has 5 nitrogen and oxygen atoms in total. The molecular formula is C11H18O5. The number of aliphatic hydroxyl groups excluding tert-OH is 1. The number of carbonyl (C=O) groups is 2. The van der Waals surface area contributed by atoms with Crippen molar-refractivity contribution in [2.24, 2.45) is 0 Å². The van der Waals surface area contributed by atoms with Gasteiger partial charge in [0, 0.05) is 13.0 Å². The number of hydrogen-bond acceptors (Lipinski definition) is 5. The molecule has 0 aromatic rings. The summed E-state index contributed by atoms with van der Waals surface area (Å²) in [6, 6.07) is 0. The molecule has 2 atom stereocenters. The lowest BCUT2D eigenvalue weighted by Gasteiger charge is -2.27. The summed E-state index contributed by atoms with van der Waals surface area (Å²) in [5.41, 5.74) is -0.685. The number of hydrogen-bond donors (Lipinski definition) is 1. The maximum Gasteiger partial charge on any atom is 0.338 e. The van der Waals surface area contributed by atoms with Crippen molar-refractivity contribution in [3.8, 4) is 0 Å². The first-order valence-corrected chi connectivity index (χ1v) is 5.36. The molecule has 0 aromatic heterocycles. The van der Waals surface area contributed by atoms with E-state index in [0.29, 0.717) is 19.4 Å². The normalized spacial score (nSPS) is 24.0. The van der Waals surface area contributed by atoms with E-state index in [1.54, 1.807) is 20.8 Å². The molecule has 1 heterocycles. The fraction of sp³-hybridized carbons (Fsp3) is 0.818. The van der Waals surface area contributed by atoms with Gasteiger partial charge in [0.05, 0.1) is 0 Å². The maximum absolute atomic E-state index is 11.5. The standard InChI is InChI=1S/C11H18O5/c1-11(2,3)16-10(14)8(13)9-7(12)5-4-6-15-9/h8-9,13H,4-6H2,1-3H3. The fourth-order valence-electron chi connectivity index (χ4n) is 1.44. The van der Waals surface area contributed by atoms with Crippen LogP contribution in [0.4, 0.5) is 0 Å². The Morgan fingerprint density at radius 3 is 2.69 bits per heavy atom. The van der Waals surface area contributed by atoms with Crippen LogP contribution in [0, 0.1) is 0 Å². The van der Waals surface area contributed by atoms with E-state index in [-0.39, 0.29) is 5.78 Å². The van der Waals surface area contributed by atoms with E-state index in [1.807, 2.05) is 0 Å². The van der Waals surface area contributed by atoms with Crippen LogP contribution < -0.4 is 0 Å². The highest BCUT2D eigenvalue weighted by Crippen LogP contribution is 2.16. The Morgan fingerprint density at radius 1 is 1.56 bits per heavy atom. The van der Waals surface area contributed by atoms with Crippen LogP contribution in [0.5, 0.6) is 0 Å². The van der Waals surface area contributed by atoms with Gasteiger partial charge in [-0.2, -0.15) is 0 Å². The Labute approximate surface area is 94.7 Å². The molecule has 1 rings (SSSR count). The van der Waals surface area contributed by atoms with E-state index in [9.17, 15) is 14.7 Å². The van der Waals surface area contributed by atoms with E-state index in [2.05, 4.69) is 0 Å². The average molecular weight is 230 g/mol. The van der Waals surface area contributed by atoms with Crippen LogP contribution in [0.25, 0.3) is 0 Å². The molecule has 0 saturated carbocycles. The van der Waals surface area contributed by atoms with Gasteiger partial charge in [0.2, 0.25) is 0 Å². The summed E-state index contributed by atoms with van der Waals surface area (Å²) in [6.07, 6.45) is -1.61. The van der Waals surface area contributed by atoms with E-state index in [0.717, 1.165) is 0 Å². The van der Waals surface area contributed by atoms with Crippen molar-refractivity contribution in [3.63, 3.8) is 0 Å². The zero-order chi connectivity index (χ0) is 12.3. The van der Waals surface area contributed by atoms with E-state index < -0.39 is 23.8 Å². The largest absolute Gasteiger partial charge is 0.458 e. The van der Waals surface area contributed by atoms with Crippen molar-refractivity contribution in [3.05, 3.63) is 0 Å². The van der Waals surface area contributed by atoms with Crippen LogP contribution in [-0.2, 0) is 19.1 Å². The van der Waals surface area contributed by atoms with Gasteiger partial charge in [-0.1, -0.05) is 0 Å². The third kappa shape index (κ3) is 3.57. The van der Waals surface area contributed by atoms with E-state index in [1.165, 1.54) is 0 Å². The molecule has 0 aromatic carbocycles. The Hall–Kier alpha value is -0.940. The number of esters is 1. The first-order valence-electron chi connectivity index (χ1n) is 5.36. The lowest BCUT2D eigenvalue weighted by Crippen LogP contribution is -2.46. The third-order valence-corrected chi connectivity index (χ3v) is 2.12. The summed E-state index contributed by atoms with van der Waals surface area (Å²) in [4.78, 5) is 22.9. The molecule has 0 bridgehead atoms. The van der Waals surface area contributed by atoms with Gasteiger partial charge in [0.1, 0.15) is 5.60 Å². The maximum atomic E-state index is 11.5. The average Bonchev–Trinajstić information content (AvgIpc) is 2.15. The molecule has 0 amide bonds. The van der Waals surface area contributed by atoms with Crippen LogP contribution in [0.15, 0.2) is 0 Å². The van der Waals surface area contributed by atoms with Gasteiger partial charge in [-0.3, -0.25) is 4.79 Å². The Morgan fingerprint density at radius 2 is 2.19 bits per heavy atom. The number of Topliss-reactive ketones (excluding diaryl/α,β-unsaturated/α-hetero) is 1. The number of aliphatic hydroxyl groups is 1. The highest BCUT2D eigenvalue weighted by molar-refractivity contribution is 5.90. The first kappa shape index (κ1) is 13.1. The number of ketones is 1. The predicted molar refractivity (Wildman–Crippen MR) is 55.8 cm³/mol. The van der Waals surface area contributed by atoms with Crippen LogP contribution in [0.3, 0.4) is 0 Å². The highest BCUT2D eigenvalue weighted by atomic mass is 16.6. The predicted octanol–water partition coefficient (Wildman–Crippen LogP) is 0.437. The smallest absolute Gasteiger partial charge is 0.338 e. The summed E-state index contributed by atoms with van der Waals surface area (Å²) in [6.45, 7) is 5.47. The molecule has 1 fully saturated rings. The molecule has 92 valence electrons. The lowest BCUT2D eigenvalue weighted by molar-refractivity contribution is -0.178. The second-order valence-corrected chi connectivity index (χ2v) is 4.84. The molecule has 1 N–H and O–H groups in total. The summed E-state index contributed by atoms with van der Waals surface area (Å²) >= 11 is 0. The Bertz CT molecular complexity index is 279. The van der Waals surface area contributed by atoms with Crippen LogP contribution >= 0.6 is 0 Å². The molecule has 1 aliphatic heterocycles. The van der Waals surface area contributed by atoms with Crippen molar-refractivity contribution >= 4 is 11.8 Å². The van der Waals surface area contributed by atoms with E-state index in [4.69, 9.17) is 9.47 Å². The molecule has 0 spiro atoms. The molecule has 1 saturated heterocycles. The van der Waals surface area contributed by atoms with Gasteiger partial charge in [-0.05, 0) is 27.2 Å². The zero-order valence-corrected chi connectivity index (χ0v) is 9.86. The summed E-state index contributed by atoms with van der Waals surface area (Å²) in [5, 5.41) is 9.66. The summed E-state index contributed by atoms with van der Waals surface area (Å²) in [7, 11) is 0. The zero-order valence-electron chi connectivity index (χ0n) is 9.86. The van der Waals surface area contributed by atoms with Gasteiger partial charge in [0.25, 0.3) is 0 Å². The molecule has 2 unspecified atom stereocenters. The van der Waals surface area contributed by atoms with Crippen molar-refractivity contribution < 1.29 is 24.2 Å². The summed E-state index contributed by atoms with van der Waals surface area (Å²) in [5.74, 6) is -1.06. The van der Waals surface area contributed by atoms with Gasteiger partial charge >= 0.3 is 5.97 Å². The van der Waals surface area contributed by atoms with Gasteiger partial charge in [-0.15, -0.1) is 0 Å². The minimum absolute atomic E-state index is 0.246. The van der Waals surface area contributed by atoms with Gasteiger partial charge in [0.15, 0.2) is 18.0 Å². The van der Waals surface area contributed by atoms with Gasteiger partial charge < -0.3 is 14.6 Å². The van der Waals surface area contributed by atoms with Crippen molar-refractivity contribution in [1.29, 1.82) is 0 Å². The summed E-state index contributed by atoms with van der Waals surface area (Å²) < 4.78 is 10.1. The third-order valence-electron chi connectivity index (χ3n) is 2.12. The number of carbonyl (C=O) groups excluding carboxylic acids is 2. The Kier molecular flexibility index (Phi) is 4.04. The minimum Gasteiger partial charge on any atom is -0.458 e. The number of ether oxygens (including phenoxy) is 2. The molecule has 0 aliphatic carbocycles. The Balaban J connectivity index is 2.59. The first-order chi connectivity index (χ1) is 7.31. The lowest BCUT2D eigenvalue weighted by atomic mass is 10.0. The van der Waals surface area contributed by atoms with Crippen molar-refractivity contribution in [2.75, 3.05) is 6.61 Å². The fourth-order valence-corrected chi connectivity index (χ4v) is 1.44. The second-order valence-electron chi connectivity index (χ2n) is 4.84. The molecule has 0 radical (unpaired) electrons. The quantitative estimate of drug-likeness (QED) is 0.697. The molecule has 5 heteroatoms. The van der Waals surface area contributed by atoms with Gasteiger partial charge in [-0.25, -0.2) is 4.79 Å². The monoisotopic (exact) mass is 230 g/mol. The topological polar surface area (TPSA) is 72.8 Å². The molecule has 16 heavy (non-hydrogen) atoms.